The van der Waals surface area contributed by atoms with E-state index in [-0.39, 0.29) is 5.91 Å². The van der Waals surface area contributed by atoms with Crippen LogP contribution in [0.4, 0.5) is 0 Å². The molecule has 1 amide bonds. The van der Waals surface area contributed by atoms with Crippen LogP contribution < -0.4 is 26.4 Å². The molecule has 0 saturated heterocycles. The molecule has 3 heterocycles. The third-order valence-electron chi connectivity index (χ3n) is 5.12. The molecule has 1 aliphatic heterocycles. The molecular weight excluding hydrogens is 392 g/mol. The highest BCUT2D eigenvalue weighted by Crippen LogP contribution is 2.30. The van der Waals surface area contributed by atoms with E-state index in [1.165, 1.54) is 0 Å². The van der Waals surface area contributed by atoms with Crippen LogP contribution in [0.2, 0.25) is 0 Å². The molecule has 4 rings (SSSR count). The lowest BCUT2D eigenvalue weighted by molar-refractivity contribution is 0.0954. The topological polar surface area (TPSA) is 100 Å². The number of hydrogen-bond acceptors (Lipinski definition) is 7. The van der Waals surface area contributed by atoms with Crippen LogP contribution in [0.5, 0.6) is 5.75 Å². The largest absolute Gasteiger partial charge is 0.493 e. The molecule has 8 nitrogen and oxygen atoms in total. The predicted molar refractivity (Wildman–Crippen MR) is 120 cm³/mol. The number of aryl methyl sites for hydroxylation is 1. The molecule has 0 radical (unpaired) electrons. The summed E-state index contributed by atoms with van der Waals surface area (Å²) in [5.41, 5.74) is 14.8. The van der Waals surface area contributed by atoms with Crippen LogP contribution >= 0.6 is 0 Å². The van der Waals surface area contributed by atoms with Crippen molar-refractivity contribution >= 4 is 16.8 Å². The van der Waals surface area contributed by atoms with Crippen molar-refractivity contribution in [3.8, 4) is 17.0 Å². The van der Waals surface area contributed by atoms with Gasteiger partial charge in [-0.15, -0.1) is 0 Å². The number of allylic oxidation sites excluding steroid dienone is 1. The number of amides is 1. The van der Waals surface area contributed by atoms with Crippen molar-refractivity contribution in [1.29, 1.82) is 0 Å². The first kappa shape index (κ1) is 20.6. The van der Waals surface area contributed by atoms with Gasteiger partial charge in [0, 0.05) is 58.8 Å². The number of rotatable bonds is 7. The van der Waals surface area contributed by atoms with Gasteiger partial charge in [0.2, 0.25) is 0 Å². The molecular formula is C23H26N6O2. The van der Waals surface area contributed by atoms with E-state index in [1.54, 1.807) is 18.3 Å². The Morgan fingerprint density at radius 3 is 2.71 bits per heavy atom. The molecule has 3 aromatic rings. The zero-order valence-electron chi connectivity index (χ0n) is 17.9. The fraction of sp³-hybridized carbons (Fsp3) is 0.261. The Hall–Kier alpha value is -3.65. The number of carbonyl (C=O) groups excluding carboxylic acids is 1. The number of nitrogens with zero attached hydrogens (tertiary/aromatic N) is 2. The average Bonchev–Trinajstić information content (AvgIpc) is 3.18. The summed E-state index contributed by atoms with van der Waals surface area (Å²) < 4.78 is 5.85. The molecule has 160 valence electrons. The first-order chi connectivity index (χ1) is 15.0. The third-order valence-corrected chi connectivity index (χ3v) is 5.12. The molecule has 0 bridgehead atoms. The van der Waals surface area contributed by atoms with Crippen LogP contribution in [0.3, 0.4) is 0 Å². The van der Waals surface area contributed by atoms with E-state index in [9.17, 15) is 4.79 Å². The summed E-state index contributed by atoms with van der Waals surface area (Å²) in [5.74, 6) is 0.603. The van der Waals surface area contributed by atoms with Gasteiger partial charge in [-0.05, 0) is 51.1 Å². The molecule has 4 N–H and O–H groups in total. The number of pyridine rings is 2. The minimum atomic E-state index is -0.138. The summed E-state index contributed by atoms with van der Waals surface area (Å²) in [5, 5.41) is 3.84. The number of fused-ring (bicyclic) bond motifs is 1. The van der Waals surface area contributed by atoms with E-state index >= 15 is 0 Å². The SMILES string of the molecule is CCOc1cc(-c2ccc(C)nc2)nc2cc(C(=O)NCCC3=C(C)NNN3)ccc12. The molecule has 1 aromatic carbocycles. The second-order valence-electron chi connectivity index (χ2n) is 7.34. The molecule has 31 heavy (non-hydrogen) atoms. The average molecular weight is 419 g/mol. The number of ether oxygens (including phenoxy) is 1. The summed E-state index contributed by atoms with van der Waals surface area (Å²) in [6.07, 6.45) is 2.50. The van der Waals surface area contributed by atoms with Crippen molar-refractivity contribution in [3.05, 3.63) is 65.2 Å². The smallest absolute Gasteiger partial charge is 0.251 e. The second kappa shape index (κ2) is 9.01. The number of benzene rings is 1. The number of nitrogens with one attached hydrogen (secondary N) is 4. The van der Waals surface area contributed by atoms with E-state index in [4.69, 9.17) is 9.72 Å². The normalized spacial score (nSPS) is 13.1. The molecule has 2 aromatic heterocycles. The Labute approximate surface area is 181 Å². The summed E-state index contributed by atoms with van der Waals surface area (Å²) in [6.45, 7) is 6.92. The van der Waals surface area contributed by atoms with Crippen LogP contribution in [0.15, 0.2) is 54.0 Å². The Balaban J connectivity index is 1.59. The molecule has 1 aliphatic rings. The van der Waals surface area contributed by atoms with E-state index in [0.717, 1.165) is 39.5 Å². The molecule has 0 saturated carbocycles. The van der Waals surface area contributed by atoms with E-state index in [2.05, 4.69) is 26.7 Å². The van der Waals surface area contributed by atoms with Gasteiger partial charge < -0.3 is 20.9 Å². The van der Waals surface area contributed by atoms with Crippen molar-refractivity contribution in [2.45, 2.75) is 27.2 Å². The Morgan fingerprint density at radius 2 is 2.00 bits per heavy atom. The van der Waals surface area contributed by atoms with Gasteiger partial charge in [0.25, 0.3) is 5.91 Å². The zero-order chi connectivity index (χ0) is 21.8. The van der Waals surface area contributed by atoms with Crippen LogP contribution in [-0.4, -0.2) is 29.0 Å². The fourth-order valence-electron chi connectivity index (χ4n) is 3.40. The van der Waals surface area contributed by atoms with Gasteiger partial charge in [0.15, 0.2) is 0 Å². The number of carbonyl (C=O) groups is 1. The summed E-state index contributed by atoms with van der Waals surface area (Å²) >= 11 is 0. The van der Waals surface area contributed by atoms with Gasteiger partial charge in [-0.2, -0.15) is 5.53 Å². The highest BCUT2D eigenvalue weighted by atomic mass is 16.5. The Morgan fingerprint density at radius 1 is 1.13 bits per heavy atom. The minimum Gasteiger partial charge on any atom is -0.493 e. The second-order valence-corrected chi connectivity index (χ2v) is 7.34. The molecule has 0 fully saturated rings. The van der Waals surface area contributed by atoms with Gasteiger partial charge in [-0.25, -0.2) is 4.98 Å². The minimum absolute atomic E-state index is 0.138. The summed E-state index contributed by atoms with van der Waals surface area (Å²) in [4.78, 5) is 21.8. The van der Waals surface area contributed by atoms with Gasteiger partial charge in [0.1, 0.15) is 5.75 Å². The van der Waals surface area contributed by atoms with Crippen molar-refractivity contribution < 1.29 is 9.53 Å². The molecule has 0 unspecified atom stereocenters. The lowest BCUT2D eigenvalue weighted by Crippen LogP contribution is -2.33. The van der Waals surface area contributed by atoms with Crippen molar-refractivity contribution in [2.75, 3.05) is 13.2 Å². The number of hydrazine groups is 2. The Kier molecular flexibility index (Phi) is 5.99. The van der Waals surface area contributed by atoms with E-state index in [0.29, 0.717) is 30.7 Å². The third kappa shape index (κ3) is 4.59. The number of aromatic nitrogens is 2. The highest BCUT2D eigenvalue weighted by molar-refractivity contribution is 5.99. The maximum absolute atomic E-state index is 12.7. The van der Waals surface area contributed by atoms with Crippen molar-refractivity contribution in [2.24, 2.45) is 0 Å². The van der Waals surface area contributed by atoms with E-state index < -0.39 is 0 Å². The standard InChI is InChI=1S/C23H26N6O2/c1-4-31-22-12-20(17-6-5-14(2)25-13-17)26-21-11-16(7-8-18(21)22)23(30)24-10-9-19-15(3)27-29-28-19/h5-8,11-13,27-29H,4,9-10H2,1-3H3,(H,24,30). The van der Waals surface area contributed by atoms with Gasteiger partial charge in [-0.3, -0.25) is 9.78 Å². The van der Waals surface area contributed by atoms with Crippen molar-refractivity contribution in [3.63, 3.8) is 0 Å². The van der Waals surface area contributed by atoms with Gasteiger partial charge in [-0.1, -0.05) is 0 Å². The molecule has 0 atom stereocenters. The zero-order valence-corrected chi connectivity index (χ0v) is 17.9. The highest BCUT2D eigenvalue weighted by Gasteiger charge is 2.13. The summed E-state index contributed by atoms with van der Waals surface area (Å²) in [7, 11) is 0. The maximum atomic E-state index is 12.7. The first-order valence-corrected chi connectivity index (χ1v) is 10.3. The molecule has 0 aliphatic carbocycles. The monoisotopic (exact) mass is 418 g/mol. The van der Waals surface area contributed by atoms with Gasteiger partial charge in [0.05, 0.1) is 17.8 Å². The molecule has 8 heteroatoms. The number of hydrogen-bond donors (Lipinski definition) is 4. The summed E-state index contributed by atoms with van der Waals surface area (Å²) in [6, 6.07) is 11.4. The van der Waals surface area contributed by atoms with Crippen LogP contribution in [0, 0.1) is 6.92 Å². The van der Waals surface area contributed by atoms with Crippen molar-refractivity contribution in [1.82, 2.24) is 31.7 Å². The lowest BCUT2D eigenvalue weighted by Gasteiger charge is -2.12. The first-order valence-electron chi connectivity index (χ1n) is 10.3. The van der Waals surface area contributed by atoms with Gasteiger partial charge >= 0.3 is 0 Å². The van der Waals surface area contributed by atoms with E-state index in [1.807, 2.05) is 45.0 Å². The van der Waals surface area contributed by atoms with Crippen LogP contribution in [0.1, 0.15) is 36.3 Å². The van der Waals surface area contributed by atoms with Crippen LogP contribution in [0.25, 0.3) is 22.2 Å². The fourth-order valence-corrected chi connectivity index (χ4v) is 3.40. The Bertz CT molecular complexity index is 1140. The lowest BCUT2D eigenvalue weighted by atomic mass is 10.1. The maximum Gasteiger partial charge on any atom is 0.251 e. The quantitative estimate of drug-likeness (QED) is 0.468. The molecule has 0 spiro atoms. The predicted octanol–water partition coefficient (Wildman–Crippen LogP) is 2.97. The van der Waals surface area contributed by atoms with Crippen LogP contribution in [-0.2, 0) is 0 Å².